The molecule has 3 aromatic rings. The van der Waals surface area contributed by atoms with Crippen LogP contribution < -0.4 is 5.48 Å². The van der Waals surface area contributed by atoms with Gasteiger partial charge in [-0.2, -0.15) is 13.2 Å². The van der Waals surface area contributed by atoms with E-state index >= 15 is 0 Å². The van der Waals surface area contributed by atoms with Crippen LogP contribution in [0.5, 0.6) is 0 Å². The van der Waals surface area contributed by atoms with Crippen molar-refractivity contribution < 1.29 is 22.9 Å². The van der Waals surface area contributed by atoms with E-state index in [1.807, 2.05) is 0 Å². The highest BCUT2D eigenvalue weighted by Crippen LogP contribution is 2.34. The summed E-state index contributed by atoms with van der Waals surface area (Å²) in [7, 11) is 0. The monoisotopic (exact) mass is 481 g/mol. The highest BCUT2D eigenvalue weighted by molar-refractivity contribution is 7.90. The Morgan fingerprint density at radius 3 is 2.38 bits per heavy atom. The van der Waals surface area contributed by atoms with Crippen LogP contribution in [0.25, 0.3) is 10.6 Å². The Balaban J connectivity index is 1.83. The summed E-state index contributed by atoms with van der Waals surface area (Å²) in [5, 5.41) is 17.0. The smallest absolute Gasteiger partial charge is 0.416 e. The van der Waals surface area contributed by atoms with Crippen molar-refractivity contribution in [3.63, 3.8) is 0 Å². The van der Waals surface area contributed by atoms with E-state index in [1.54, 1.807) is 29.7 Å². The van der Waals surface area contributed by atoms with E-state index in [4.69, 9.17) is 10.6 Å². The van der Waals surface area contributed by atoms with Crippen LogP contribution in [-0.2, 0) is 29.5 Å². The molecular weight excluding hydrogens is 459 g/mol. The van der Waals surface area contributed by atoms with Crippen molar-refractivity contribution >= 4 is 28.3 Å². The van der Waals surface area contributed by atoms with Crippen molar-refractivity contribution in [3.05, 3.63) is 70.2 Å². The number of hydroxylamine groups is 1. The fraction of sp³-hybridized carbons (Fsp3) is 0.273. The van der Waals surface area contributed by atoms with Gasteiger partial charge in [0.15, 0.2) is 4.90 Å². The molecule has 0 radical (unpaired) electrons. The highest BCUT2D eigenvalue weighted by Gasteiger charge is 2.30. The second kappa shape index (κ2) is 10.5. The minimum atomic E-state index is -4.39. The summed E-state index contributed by atoms with van der Waals surface area (Å²) in [5.41, 5.74) is 2.93. The number of benzene rings is 2. The van der Waals surface area contributed by atoms with Gasteiger partial charge in [0.1, 0.15) is 16.6 Å². The first-order valence-corrected chi connectivity index (χ1v) is 12.0. The molecule has 0 spiro atoms. The molecule has 0 saturated heterocycles. The lowest BCUT2D eigenvalue weighted by Crippen LogP contribution is -2.18. The van der Waals surface area contributed by atoms with Crippen LogP contribution in [0.15, 0.2) is 53.4 Å². The van der Waals surface area contributed by atoms with Crippen molar-refractivity contribution in [2.45, 2.75) is 43.0 Å². The fourth-order valence-electron chi connectivity index (χ4n) is 3.00. The molecule has 0 aliphatic rings. The number of thiazole rings is 1. The van der Waals surface area contributed by atoms with E-state index in [-0.39, 0.29) is 11.6 Å². The molecule has 0 fully saturated rings. The second-order valence-corrected chi connectivity index (χ2v) is 9.60. The number of aromatic nitrogens is 1. The van der Waals surface area contributed by atoms with Gasteiger partial charge in [0.2, 0.25) is 0 Å². The van der Waals surface area contributed by atoms with E-state index in [1.165, 1.54) is 23.5 Å². The molecule has 170 valence electrons. The van der Waals surface area contributed by atoms with Crippen LogP contribution in [0.2, 0.25) is 0 Å². The number of hydrogen-bond acceptors (Lipinski definition) is 5. The zero-order chi connectivity index (χ0) is 23.3. The average Bonchev–Trinajstić information content (AvgIpc) is 3.19. The number of amidine groups is 1. The molecule has 1 atom stereocenters. The number of rotatable bonds is 8. The van der Waals surface area contributed by atoms with Gasteiger partial charge < -0.3 is 4.55 Å². The minimum Gasteiger partial charge on any atom is -0.611 e. The predicted molar refractivity (Wildman–Crippen MR) is 119 cm³/mol. The lowest BCUT2D eigenvalue weighted by atomic mass is 10.1. The number of unbranched alkanes of at least 4 members (excludes halogenated alkanes) is 1. The molecule has 0 saturated carbocycles. The third kappa shape index (κ3) is 5.89. The van der Waals surface area contributed by atoms with Gasteiger partial charge in [-0.25, -0.2) is 4.98 Å². The SMILES string of the molecule is CCCCc1nc(-c2ccc(C(F)(F)F)cc2)sc1C[S+]([O-])c1ccc(C(=N)NO)cc1. The Kier molecular flexibility index (Phi) is 7.94. The Morgan fingerprint density at radius 2 is 1.81 bits per heavy atom. The first-order chi connectivity index (χ1) is 15.2. The van der Waals surface area contributed by atoms with Crippen LogP contribution in [0.3, 0.4) is 0 Å². The fourth-order valence-corrected chi connectivity index (χ4v) is 5.48. The molecule has 5 nitrogen and oxygen atoms in total. The van der Waals surface area contributed by atoms with E-state index in [2.05, 4.69) is 11.9 Å². The molecule has 1 aromatic heterocycles. The normalized spacial score (nSPS) is 12.6. The lowest BCUT2D eigenvalue weighted by Gasteiger charge is -2.11. The van der Waals surface area contributed by atoms with Crippen LogP contribution >= 0.6 is 11.3 Å². The van der Waals surface area contributed by atoms with Crippen LogP contribution in [0.4, 0.5) is 13.2 Å². The first-order valence-electron chi connectivity index (χ1n) is 9.86. The topological polar surface area (TPSA) is 92.1 Å². The van der Waals surface area contributed by atoms with Crippen LogP contribution in [0.1, 0.15) is 41.5 Å². The summed E-state index contributed by atoms with van der Waals surface area (Å²) in [6, 6.07) is 11.4. The highest BCUT2D eigenvalue weighted by atomic mass is 32.2. The molecule has 0 aliphatic heterocycles. The summed E-state index contributed by atoms with van der Waals surface area (Å²) in [6.07, 6.45) is -1.82. The maximum atomic E-state index is 12.9. The third-order valence-electron chi connectivity index (χ3n) is 4.78. The van der Waals surface area contributed by atoms with Crippen molar-refractivity contribution in [1.29, 1.82) is 5.41 Å². The third-order valence-corrected chi connectivity index (χ3v) is 7.46. The molecule has 1 heterocycles. The Hall–Kier alpha value is -2.40. The van der Waals surface area contributed by atoms with Crippen molar-refractivity contribution in [2.75, 3.05) is 0 Å². The molecule has 0 aliphatic carbocycles. The van der Waals surface area contributed by atoms with Gasteiger partial charge in [0.05, 0.1) is 16.1 Å². The molecule has 1 unspecified atom stereocenters. The zero-order valence-electron chi connectivity index (χ0n) is 17.2. The molecule has 3 N–H and O–H groups in total. The number of aryl methyl sites for hydroxylation is 1. The predicted octanol–water partition coefficient (Wildman–Crippen LogP) is 5.78. The summed E-state index contributed by atoms with van der Waals surface area (Å²) < 4.78 is 51.5. The minimum absolute atomic E-state index is 0.159. The first kappa shape index (κ1) is 24.2. The zero-order valence-corrected chi connectivity index (χ0v) is 18.8. The second-order valence-electron chi connectivity index (χ2n) is 7.07. The number of hydrogen-bond donors (Lipinski definition) is 3. The van der Waals surface area contributed by atoms with Gasteiger partial charge >= 0.3 is 6.18 Å². The average molecular weight is 482 g/mol. The summed E-state index contributed by atoms with van der Waals surface area (Å²) in [6.45, 7) is 2.06. The van der Waals surface area contributed by atoms with E-state index in [0.717, 1.165) is 35.5 Å². The van der Waals surface area contributed by atoms with Gasteiger partial charge in [0.25, 0.3) is 0 Å². The molecule has 0 bridgehead atoms. The van der Waals surface area contributed by atoms with E-state index in [9.17, 15) is 17.7 Å². The molecule has 3 rings (SSSR count). The number of alkyl halides is 3. The summed E-state index contributed by atoms with van der Waals surface area (Å²) >= 11 is -0.0154. The molecular formula is C22H22F3N3O2S2. The molecule has 32 heavy (non-hydrogen) atoms. The van der Waals surface area contributed by atoms with E-state index in [0.29, 0.717) is 27.5 Å². The summed E-state index contributed by atoms with van der Waals surface area (Å²) in [4.78, 5) is 6.07. The molecule has 2 aromatic carbocycles. The lowest BCUT2D eigenvalue weighted by molar-refractivity contribution is -0.137. The van der Waals surface area contributed by atoms with Crippen LogP contribution in [-0.4, -0.2) is 20.6 Å². The van der Waals surface area contributed by atoms with Gasteiger partial charge in [0, 0.05) is 11.1 Å². The van der Waals surface area contributed by atoms with Gasteiger partial charge in [-0.1, -0.05) is 25.5 Å². The molecule has 0 amide bonds. The van der Waals surface area contributed by atoms with Crippen LogP contribution in [0, 0.1) is 5.41 Å². The van der Waals surface area contributed by atoms with Crippen molar-refractivity contribution in [1.82, 2.24) is 10.5 Å². The van der Waals surface area contributed by atoms with Crippen molar-refractivity contribution in [3.8, 4) is 10.6 Å². The van der Waals surface area contributed by atoms with Crippen molar-refractivity contribution in [2.24, 2.45) is 0 Å². The van der Waals surface area contributed by atoms with E-state index < -0.39 is 22.9 Å². The Labute approximate surface area is 191 Å². The maximum absolute atomic E-state index is 12.9. The standard InChI is InChI=1S/C22H22F3N3O2S2/c1-2-3-4-18-19(13-32(30)17-11-7-14(8-12-17)20(26)28-29)31-21(27-18)15-5-9-16(10-6-15)22(23,24)25/h5-12,29H,2-4,13H2,1H3,(H2,26,28). The number of halogens is 3. The molecule has 10 heteroatoms. The van der Waals surface area contributed by atoms with Gasteiger partial charge in [-0.05, 0) is 60.4 Å². The number of nitrogens with zero attached hydrogens (tertiary/aromatic N) is 1. The van der Waals surface area contributed by atoms with Gasteiger partial charge in [-0.3, -0.25) is 16.1 Å². The quantitative estimate of drug-likeness (QED) is 0.165. The number of nitrogens with one attached hydrogen (secondary N) is 2. The Bertz CT molecular complexity index is 1050. The summed E-state index contributed by atoms with van der Waals surface area (Å²) in [5.74, 6) is 0.0830. The largest absolute Gasteiger partial charge is 0.611 e. The maximum Gasteiger partial charge on any atom is 0.416 e. The van der Waals surface area contributed by atoms with Gasteiger partial charge in [-0.15, -0.1) is 11.3 Å². The Morgan fingerprint density at radius 1 is 1.16 bits per heavy atom.